The van der Waals surface area contributed by atoms with Crippen LogP contribution in [0.4, 0.5) is 0 Å². The molecule has 0 saturated heterocycles. The number of aliphatic carboxylic acids is 1. The standard InChI is InChI=1S/C17H18N2O5/c20-15-8-6-14(7-9-15)12-16(17(21)22)18(19(23)24)11-10-13-4-2-1-3-5-13/h1-9,16,20H,10-12H2,(H,21,22)/t16-/m0/s1. The molecule has 0 radical (unpaired) electrons. The number of carbonyl (C=O) groups is 1. The number of rotatable bonds is 8. The maximum absolute atomic E-state index is 11.5. The van der Waals surface area contributed by atoms with Crippen LogP contribution in [0.5, 0.6) is 5.75 Å². The summed E-state index contributed by atoms with van der Waals surface area (Å²) < 4.78 is 0. The number of hydrogen-bond donors (Lipinski definition) is 2. The Labute approximate surface area is 138 Å². The predicted octanol–water partition coefficient (Wildman–Crippen LogP) is 2.12. The number of carboxylic acids is 1. The van der Waals surface area contributed by atoms with E-state index in [2.05, 4.69) is 0 Å². The zero-order valence-corrected chi connectivity index (χ0v) is 12.9. The highest BCUT2D eigenvalue weighted by Crippen LogP contribution is 2.15. The molecule has 2 N–H and O–H groups in total. The van der Waals surface area contributed by atoms with E-state index in [0.29, 0.717) is 12.0 Å². The second kappa shape index (κ2) is 7.96. The van der Waals surface area contributed by atoms with E-state index >= 15 is 0 Å². The highest BCUT2D eigenvalue weighted by molar-refractivity contribution is 5.73. The molecular weight excluding hydrogens is 312 g/mol. The van der Waals surface area contributed by atoms with Crippen molar-refractivity contribution in [3.05, 3.63) is 75.8 Å². The molecule has 1 atom stereocenters. The summed E-state index contributed by atoms with van der Waals surface area (Å²) in [6.45, 7) is -0.00787. The van der Waals surface area contributed by atoms with Gasteiger partial charge >= 0.3 is 5.97 Å². The second-order valence-electron chi connectivity index (χ2n) is 5.36. The number of hydrogen-bond acceptors (Lipinski definition) is 4. The van der Waals surface area contributed by atoms with Gasteiger partial charge in [0.25, 0.3) is 0 Å². The van der Waals surface area contributed by atoms with Gasteiger partial charge in [-0.2, -0.15) is 0 Å². The Morgan fingerprint density at radius 1 is 1.08 bits per heavy atom. The fourth-order valence-electron chi connectivity index (χ4n) is 2.42. The van der Waals surface area contributed by atoms with Crippen LogP contribution in [0.2, 0.25) is 0 Å². The molecule has 0 heterocycles. The summed E-state index contributed by atoms with van der Waals surface area (Å²) >= 11 is 0. The number of phenolic OH excluding ortho intramolecular Hbond substituents is 1. The Bertz CT molecular complexity index is 688. The molecule has 0 aliphatic rings. The molecule has 0 spiro atoms. The van der Waals surface area contributed by atoms with Crippen molar-refractivity contribution in [2.45, 2.75) is 18.9 Å². The number of nitro groups is 1. The van der Waals surface area contributed by atoms with Crippen molar-refractivity contribution < 1.29 is 20.0 Å². The SMILES string of the molecule is O=C(O)[C@H](Cc1ccc(O)cc1)N(CCc1ccccc1)[N+](=O)[O-]. The minimum absolute atomic E-state index is 0.00787. The number of hydrazine groups is 1. The van der Waals surface area contributed by atoms with Crippen molar-refractivity contribution in [2.75, 3.05) is 6.54 Å². The summed E-state index contributed by atoms with van der Waals surface area (Å²) in [5, 5.41) is 30.1. The van der Waals surface area contributed by atoms with Crippen molar-refractivity contribution in [3.8, 4) is 5.75 Å². The summed E-state index contributed by atoms with van der Waals surface area (Å²) in [6.07, 6.45) is 0.354. The number of benzene rings is 2. The Kier molecular flexibility index (Phi) is 5.73. The molecule has 2 aromatic carbocycles. The predicted molar refractivity (Wildman–Crippen MR) is 87.1 cm³/mol. The summed E-state index contributed by atoms with van der Waals surface area (Å²) in [4.78, 5) is 22.9. The minimum Gasteiger partial charge on any atom is -0.508 e. The highest BCUT2D eigenvalue weighted by Gasteiger charge is 2.32. The molecule has 0 aromatic heterocycles. The molecule has 0 unspecified atom stereocenters. The van der Waals surface area contributed by atoms with Crippen LogP contribution in [0, 0.1) is 10.1 Å². The summed E-state index contributed by atoms with van der Waals surface area (Å²) in [7, 11) is 0. The summed E-state index contributed by atoms with van der Waals surface area (Å²) in [5.41, 5.74) is 1.50. The molecule has 0 aliphatic carbocycles. The molecule has 7 heteroatoms. The Hall–Kier alpha value is -3.09. The lowest BCUT2D eigenvalue weighted by molar-refractivity contribution is -0.661. The lowest BCUT2D eigenvalue weighted by Crippen LogP contribution is -2.47. The van der Waals surface area contributed by atoms with Gasteiger partial charge in [-0.25, -0.2) is 14.9 Å². The summed E-state index contributed by atoms with van der Waals surface area (Å²) in [5.74, 6) is -1.20. The fraction of sp³-hybridized carbons (Fsp3) is 0.235. The first kappa shape index (κ1) is 17.3. The normalized spacial score (nSPS) is 11.7. The van der Waals surface area contributed by atoms with Gasteiger partial charge < -0.3 is 10.2 Å². The first-order valence-corrected chi connectivity index (χ1v) is 7.43. The van der Waals surface area contributed by atoms with Crippen molar-refractivity contribution in [1.29, 1.82) is 0 Å². The van der Waals surface area contributed by atoms with Crippen LogP contribution in [0.1, 0.15) is 11.1 Å². The molecule has 0 fully saturated rings. The second-order valence-corrected chi connectivity index (χ2v) is 5.36. The van der Waals surface area contributed by atoms with Crippen molar-refractivity contribution in [1.82, 2.24) is 5.01 Å². The van der Waals surface area contributed by atoms with Crippen LogP contribution in [-0.2, 0) is 17.6 Å². The van der Waals surface area contributed by atoms with Crippen LogP contribution in [0.25, 0.3) is 0 Å². The fourth-order valence-corrected chi connectivity index (χ4v) is 2.42. The van der Waals surface area contributed by atoms with E-state index in [1.54, 1.807) is 12.1 Å². The van der Waals surface area contributed by atoms with E-state index in [1.807, 2.05) is 30.3 Å². The largest absolute Gasteiger partial charge is 0.508 e. The highest BCUT2D eigenvalue weighted by atomic mass is 16.7. The number of phenols is 1. The van der Waals surface area contributed by atoms with Crippen molar-refractivity contribution in [3.63, 3.8) is 0 Å². The molecule has 2 rings (SSSR count). The van der Waals surface area contributed by atoms with Crippen LogP contribution in [0.3, 0.4) is 0 Å². The number of carboxylic acid groups (broad SMARTS) is 1. The average Bonchev–Trinajstić information content (AvgIpc) is 2.56. The number of nitrogens with zero attached hydrogens (tertiary/aromatic N) is 2. The molecule has 0 saturated carbocycles. The van der Waals surface area contributed by atoms with Gasteiger partial charge in [-0.3, -0.25) is 0 Å². The third-order valence-corrected chi connectivity index (χ3v) is 3.69. The quantitative estimate of drug-likeness (QED) is 0.567. The maximum Gasteiger partial charge on any atom is 0.332 e. The molecule has 7 nitrogen and oxygen atoms in total. The van der Waals surface area contributed by atoms with E-state index in [1.165, 1.54) is 12.1 Å². The minimum atomic E-state index is -1.28. The van der Waals surface area contributed by atoms with Crippen molar-refractivity contribution >= 4 is 5.97 Å². The van der Waals surface area contributed by atoms with E-state index in [-0.39, 0.29) is 18.7 Å². The average molecular weight is 330 g/mol. The Balaban J connectivity index is 2.13. The van der Waals surface area contributed by atoms with Crippen LogP contribution in [0.15, 0.2) is 54.6 Å². The number of aromatic hydroxyl groups is 1. The summed E-state index contributed by atoms with van der Waals surface area (Å²) in [6, 6.07) is 13.9. The molecular formula is C17H18N2O5. The van der Waals surface area contributed by atoms with Crippen LogP contribution in [-0.4, -0.2) is 38.8 Å². The van der Waals surface area contributed by atoms with Gasteiger partial charge in [0.1, 0.15) is 5.75 Å². The van der Waals surface area contributed by atoms with Gasteiger partial charge in [0.2, 0.25) is 0 Å². The van der Waals surface area contributed by atoms with E-state index in [4.69, 9.17) is 0 Å². The van der Waals surface area contributed by atoms with Crippen LogP contribution >= 0.6 is 0 Å². The van der Waals surface area contributed by atoms with Crippen molar-refractivity contribution in [2.24, 2.45) is 0 Å². The first-order valence-electron chi connectivity index (χ1n) is 7.43. The third kappa shape index (κ3) is 4.70. The van der Waals surface area contributed by atoms with Gasteiger partial charge in [-0.05, 0) is 29.7 Å². The molecule has 126 valence electrons. The Morgan fingerprint density at radius 3 is 2.25 bits per heavy atom. The van der Waals surface area contributed by atoms with E-state index in [0.717, 1.165) is 10.6 Å². The topological polar surface area (TPSA) is 104 Å². The van der Waals surface area contributed by atoms with Gasteiger partial charge in [0.05, 0.1) is 6.54 Å². The van der Waals surface area contributed by atoms with E-state index in [9.17, 15) is 25.1 Å². The molecule has 2 aromatic rings. The van der Waals surface area contributed by atoms with Gasteiger partial charge in [-0.15, -0.1) is 5.01 Å². The lowest BCUT2D eigenvalue weighted by atomic mass is 10.0. The molecule has 0 aliphatic heterocycles. The molecule has 0 amide bonds. The molecule has 0 bridgehead atoms. The molecule has 24 heavy (non-hydrogen) atoms. The lowest BCUT2D eigenvalue weighted by Gasteiger charge is -2.21. The van der Waals surface area contributed by atoms with E-state index < -0.39 is 17.0 Å². The zero-order valence-electron chi connectivity index (χ0n) is 12.9. The van der Waals surface area contributed by atoms with Crippen LogP contribution < -0.4 is 0 Å². The smallest absolute Gasteiger partial charge is 0.332 e. The first-order chi connectivity index (χ1) is 11.5. The van der Waals surface area contributed by atoms with Gasteiger partial charge in [-0.1, -0.05) is 42.5 Å². The van der Waals surface area contributed by atoms with Gasteiger partial charge in [0, 0.05) is 6.42 Å². The third-order valence-electron chi connectivity index (χ3n) is 3.69. The maximum atomic E-state index is 11.5. The Morgan fingerprint density at radius 2 is 1.71 bits per heavy atom. The van der Waals surface area contributed by atoms with Gasteiger partial charge in [0.15, 0.2) is 11.1 Å². The zero-order chi connectivity index (χ0) is 17.5. The monoisotopic (exact) mass is 330 g/mol.